The van der Waals surface area contributed by atoms with Crippen molar-refractivity contribution in [3.63, 3.8) is 0 Å². The molecule has 1 aliphatic carbocycles. The van der Waals surface area contributed by atoms with E-state index in [1.54, 1.807) is 6.33 Å². The lowest BCUT2D eigenvalue weighted by Gasteiger charge is -2.47. The molecule has 0 bridgehead atoms. The average molecular weight is 541 g/mol. The summed E-state index contributed by atoms with van der Waals surface area (Å²) >= 11 is 0. The Morgan fingerprint density at radius 2 is 1.90 bits per heavy atom. The van der Waals surface area contributed by atoms with Gasteiger partial charge in [-0.05, 0) is 79.3 Å². The van der Waals surface area contributed by atoms with E-state index >= 15 is 0 Å². The van der Waals surface area contributed by atoms with Crippen molar-refractivity contribution in [1.82, 2.24) is 24.3 Å². The maximum Gasteiger partial charge on any atom is 0.410 e. The number of piperidine rings is 1. The van der Waals surface area contributed by atoms with Crippen molar-refractivity contribution < 1.29 is 19.0 Å². The molecule has 4 aliphatic rings. The van der Waals surface area contributed by atoms with E-state index in [2.05, 4.69) is 37.0 Å². The highest BCUT2D eigenvalue weighted by Crippen LogP contribution is 2.49. The Balaban J connectivity index is 1.24. The van der Waals surface area contributed by atoms with Crippen molar-refractivity contribution in [2.45, 2.75) is 102 Å². The second-order valence-electron chi connectivity index (χ2n) is 13.3. The molecule has 1 saturated carbocycles. The fraction of sp³-hybridized carbons (Fsp3) is 0.759. The Labute approximate surface area is 231 Å². The zero-order valence-electron chi connectivity index (χ0n) is 24.3. The minimum Gasteiger partial charge on any atom is -0.444 e. The number of nitrogens with one attached hydrogen (secondary N) is 1. The van der Waals surface area contributed by atoms with Gasteiger partial charge in [-0.15, -0.1) is 0 Å². The summed E-state index contributed by atoms with van der Waals surface area (Å²) in [5.74, 6) is 0.526. The second-order valence-corrected chi connectivity index (χ2v) is 13.3. The highest BCUT2D eigenvalue weighted by Gasteiger charge is 2.56. The molecule has 0 radical (unpaired) electrons. The summed E-state index contributed by atoms with van der Waals surface area (Å²) in [5, 5.41) is 4.20. The predicted octanol–water partition coefficient (Wildman–Crippen LogP) is 4.42. The highest BCUT2D eigenvalue weighted by atomic mass is 16.8. The van der Waals surface area contributed by atoms with Crippen molar-refractivity contribution in [2.75, 3.05) is 38.5 Å². The molecule has 5 atom stereocenters. The standard InChI is InChI=1S/C29H44N6O4/c1-27(2,3)39-26(36)33-12-7-10-29(17-33)11-8-13-34(29)16-19-15-21(23-22(19)37-28(4,5)38-23)35-14-9-20-24(30-6)31-18-32-25(20)35/h9,14,18-19,21-23H,7-8,10-13,15-17H2,1-6H3,(H,30,31,32)/t19?,21?,22-,23+,29?/m1/s1. The second kappa shape index (κ2) is 9.59. The molecule has 3 unspecified atom stereocenters. The van der Waals surface area contributed by atoms with E-state index in [1.807, 2.05) is 46.6 Å². The number of hydrogen-bond donors (Lipinski definition) is 1. The quantitative estimate of drug-likeness (QED) is 0.609. The molecule has 6 rings (SSSR count). The zero-order valence-corrected chi connectivity index (χ0v) is 24.3. The van der Waals surface area contributed by atoms with Crippen molar-refractivity contribution in [2.24, 2.45) is 5.92 Å². The molecule has 39 heavy (non-hydrogen) atoms. The summed E-state index contributed by atoms with van der Waals surface area (Å²) in [5.41, 5.74) is 0.441. The van der Waals surface area contributed by atoms with Crippen LogP contribution in [0.25, 0.3) is 11.0 Å². The van der Waals surface area contributed by atoms with E-state index in [9.17, 15) is 4.79 Å². The molecule has 0 aromatic carbocycles. The summed E-state index contributed by atoms with van der Waals surface area (Å²) < 4.78 is 21.1. The summed E-state index contributed by atoms with van der Waals surface area (Å²) in [6, 6.07) is 2.22. The van der Waals surface area contributed by atoms with E-state index in [0.717, 1.165) is 75.1 Å². The molecule has 1 N–H and O–H groups in total. The van der Waals surface area contributed by atoms with Crippen LogP contribution in [0.1, 0.15) is 72.8 Å². The number of carbonyl (C=O) groups is 1. The van der Waals surface area contributed by atoms with Gasteiger partial charge in [0.2, 0.25) is 0 Å². The maximum absolute atomic E-state index is 13.0. The van der Waals surface area contributed by atoms with Gasteiger partial charge in [0.15, 0.2) is 5.79 Å². The van der Waals surface area contributed by atoms with Crippen LogP contribution in [0.4, 0.5) is 10.6 Å². The normalized spacial score (nSPS) is 32.7. The number of rotatable bonds is 4. The van der Waals surface area contributed by atoms with Crippen LogP contribution in [-0.4, -0.2) is 92.8 Å². The molecule has 3 saturated heterocycles. The van der Waals surface area contributed by atoms with Gasteiger partial charge in [0, 0.05) is 44.3 Å². The Morgan fingerprint density at radius 3 is 2.64 bits per heavy atom. The van der Waals surface area contributed by atoms with Crippen LogP contribution in [0.3, 0.4) is 0 Å². The average Bonchev–Trinajstić information content (AvgIpc) is 3.61. The minimum absolute atomic E-state index is 0.00673. The number of ether oxygens (including phenoxy) is 3. The van der Waals surface area contributed by atoms with E-state index in [1.165, 1.54) is 0 Å². The number of fused-ring (bicyclic) bond motifs is 2. The van der Waals surface area contributed by atoms with Gasteiger partial charge < -0.3 is 29.0 Å². The van der Waals surface area contributed by atoms with Gasteiger partial charge in [-0.3, -0.25) is 4.90 Å². The van der Waals surface area contributed by atoms with Crippen LogP contribution < -0.4 is 5.32 Å². The van der Waals surface area contributed by atoms with Gasteiger partial charge >= 0.3 is 6.09 Å². The Bertz CT molecular complexity index is 1220. The van der Waals surface area contributed by atoms with Crippen LogP contribution in [0.5, 0.6) is 0 Å². The number of nitrogens with zero attached hydrogens (tertiary/aromatic N) is 5. The van der Waals surface area contributed by atoms with Gasteiger partial charge in [-0.25, -0.2) is 14.8 Å². The minimum atomic E-state index is -0.624. The topological polar surface area (TPSA) is 94.0 Å². The smallest absolute Gasteiger partial charge is 0.410 e. The Hall–Kier alpha value is -2.43. The van der Waals surface area contributed by atoms with Crippen LogP contribution >= 0.6 is 0 Å². The molecule has 5 heterocycles. The molecule has 214 valence electrons. The third-order valence-electron chi connectivity index (χ3n) is 9.06. The largest absolute Gasteiger partial charge is 0.444 e. The Morgan fingerprint density at radius 1 is 1.15 bits per heavy atom. The van der Waals surface area contributed by atoms with Gasteiger partial charge in [0.05, 0.1) is 17.5 Å². The molecule has 1 spiro atoms. The van der Waals surface area contributed by atoms with Gasteiger partial charge in [-0.2, -0.15) is 0 Å². The Kier molecular flexibility index (Phi) is 6.59. The first-order valence-electron chi connectivity index (χ1n) is 14.6. The third kappa shape index (κ3) is 4.89. The summed E-state index contributed by atoms with van der Waals surface area (Å²) in [6.45, 7) is 13.3. The van der Waals surface area contributed by atoms with Crippen molar-refractivity contribution in [1.29, 1.82) is 0 Å². The van der Waals surface area contributed by atoms with Crippen molar-refractivity contribution in [3.8, 4) is 0 Å². The molecule has 10 heteroatoms. The van der Waals surface area contributed by atoms with Crippen LogP contribution in [0.15, 0.2) is 18.6 Å². The zero-order chi connectivity index (χ0) is 27.6. The molecule has 10 nitrogen and oxygen atoms in total. The van der Waals surface area contributed by atoms with Gasteiger partial charge in [0.25, 0.3) is 0 Å². The summed E-state index contributed by atoms with van der Waals surface area (Å²) in [4.78, 5) is 26.6. The lowest BCUT2D eigenvalue weighted by atomic mass is 9.85. The fourth-order valence-electron chi connectivity index (χ4n) is 7.56. The number of anilines is 1. The molecule has 4 fully saturated rings. The lowest BCUT2D eigenvalue weighted by Crippen LogP contribution is -2.58. The SMILES string of the molecule is CNc1ncnc2c1ccn2C1CC(CN2CCCC23CCCN(C(=O)OC(C)(C)C)C3)[C@H]2OC(C)(C)O[C@@H]12. The number of likely N-dealkylation sites (tertiary alicyclic amines) is 2. The van der Waals surface area contributed by atoms with Crippen LogP contribution in [-0.2, 0) is 14.2 Å². The van der Waals surface area contributed by atoms with E-state index < -0.39 is 11.4 Å². The molecule has 2 aromatic heterocycles. The molecule has 2 aromatic rings. The summed E-state index contributed by atoms with van der Waals surface area (Å²) in [6.07, 6.45) is 8.87. The maximum atomic E-state index is 13.0. The van der Waals surface area contributed by atoms with E-state index in [4.69, 9.17) is 14.2 Å². The third-order valence-corrected chi connectivity index (χ3v) is 9.06. The number of aromatic nitrogens is 3. The first-order chi connectivity index (χ1) is 18.5. The van der Waals surface area contributed by atoms with Crippen LogP contribution in [0, 0.1) is 5.92 Å². The fourth-order valence-corrected chi connectivity index (χ4v) is 7.56. The highest BCUT2D eigenvalue weighted by molar-refractivity contribution is 5.87. The first kappa shape index (κ1) is 26.8. The van der Waals surface area contributed by atoms with Crippen LogP contribution in [0.2, 0.25) is 0 Å². The summed E-state index contributed by atoms with van der Waals surface area (Å²) in [7, 11) is 1.89. The molecule has 3 aliphatic heterocycles. The van der Waals surface area contributed by atoms with Crippen molar-refractivity contribution in [3.05, 3.63) is 18.6 Å². The monoisotopic (exact) mass is 540 g/mol. The van der Waals surface area contributed by atoms with E-state index in [0.29, 0.717) is 5.92 Å². The number of carbonyl (C=O) groups excluding carboxylic acids is 1. The molecule has 1 amide bonds. The number of hydrogen-bond acceptors (Lipinski definition) is 8. The lowest BCUT2D eigenvalue weighted by molar-refractivity contribution is -0.161. The first-order valence-corrected chi connectivity index (χ1v) is 14.6. The van der Waals surface area contributed by atoms with Crippen molar-refractivity contribution >= 4 is 22.9 Å². The number of amides is 1. The molecular formula is C29H44N6O4. The molecular weight excluding hydrogens is 496 g/mol. The van der Waals surface area contributed by atoms with E-state index in [-0.39, 0.29) is 29.9 Å². The van der Waals surface area contributed by atoms with Gasteiger partial charge in [-0.1, -0.05) is 0 Å². The predicted molar refractivity (Wildman–Crippen MR) is 149 cm³/mol. The van der Waals surface area contributed by atoms with Gasteiger partial charge in [0.1, 0.15) is 29.5 Å².